The van der Waals surface area contributed by atoms with Crippen LogP contribution in [0.1, 0.15) is 53.9 Å². The molecule has 0 fully saturated rings. The van der Waals surface area contributed by atoms with E-state index in [4.69, 9.17) is 4.74 Å². The first-order chi connectivity index (χ1) is 7.08. The Labute approximate surface area is 110 Å². The van der Waals surface area contributed by atoms with Gasteiger partial charge in [-0.15, -0.1) is 25.3 Å². The molecule has 0 aromatic rings. The van der Waals surface area contributed by atoms with Crippen LogP contribution in [0.2, 0.25) is 0 Å². The second-order valence-electron chi connectivity index (χ2n) is 5.37. The molecule has 16 heavy (non-hydrogen) atoms. The Kier molecular flexibility index (Phi) is 6.26. The first kappa shape index (κ1) is 16.2. The third-order valence-corrected chi connectivity index (χ3v) is 4.14. The van der Waals surface area contributed by atoms with Crippen molar-refractivity contribution in [1.82, 2.24) is 0 Å². The van der Waals surface area contributed by atoms with Crippen LogP contribution in [0.15, 0.2) is 0 Å². The Morgan fingerprint density at radius 1 is 1.31 bits per heavy atom. The van der Waals surface area contributed by atoms with Gasteiger partial charge >= 0.3 is 5.97 Å². The minimum absolute atomic E-state index is 0.250. The second kappa shape index (κ2) is 6.20. The first-order valence-electron chi connectivity index (χ1n) is 5.73. The van der Waals surface area contributed by atoms with Crippen LogP contribution in [-0.4, -0.2) is 10.2 Å². The summed E-state index contributed by atoms with van der Waals surface area (Å²) in [6.07, 6.45) is 3.20. The summed E-state index contributed by atoms with van der Waals surface area (Å²) < 4.78 is 4.15. The lowest BCUT2D eigenvalue weighted by molar-refractivity contribution is -0.148. The van der Waals surface area contributed by atoms with Gasteiger partial charge in [0.25, 0.3) is 0 Å². The maximum Gasteiger partial charge on any atom is 0.304 e. The smallest absolute Gasteiger partial charge is 0.304 e. The van der Waals surface area contributed by atoms with Crippen molar-refractivity contribution in [2.75, 3.05) is 0 Å². The molecule has 2 nitrogen and oxygen atoms in total. The Hall–Kier alpha value is 0.170. The van der Waals surface area contributed by atoms with E-state index in [1.54, 1.807) is 0 Å². The van der Waals surface area contributed by atoms with Gasteiger partial charge in [0.05, 0.1) is 0 Å². The van der Waals surface area contributed by atoms with Gasteiger partial charge in [-0.05, 0) is 12.3 Å². The fourth-order valence-electron chi connectivity index (χ4n) is 1.45. The van der Waals surface area contributed by atoms with Crippen molar-refractivity contribution in [3.8, 4) is 0 Å². The van der Waals surface area contributed by atoms with Gasteiger partial charge in [-0.25, -0.2) is 0 Å². The van der Waals surface area contributed by atoms with Gasteiger partial charge in [0.15, 0.2) is 0 Å². The summed E-state index contributed by atoms with van der Waals surface area (Å²) in [4.78, 5) is 11.0. The highest BCUT2D eigenvalue weighted by Crippen LogP contribution is 2.44. The van der Waals surface area contributed by atoms with Gasteiger partial charge < -0.3 is 4.74 Å². The summed E-state index contributed by atoms with van der Waals surface area (Å²) in [5, 5.41) is 0. The number of hydrogen-bond donors (Lipinski definition) is 2. The fraction of sp³-hybridized carbons (Fsp3) is 0.917. The molecule has 0 heterocycles. The first-order valence-corrected chi connectivity index (χ1v) is 6.62. The number of esters is 1. The van der Waals surface area contributed by atoms with Crippen LogP contribution in [-0.2, 0) is 9.53 Å². The van der Waals surface area contributed by atoms with Gasteiger partial charge in [0, 0.05) is 12.3 Å². The summed E-state index contributed by atoms with van der Waals surface area (Å²) in [6, 6.07) is 0. The van der Waals surface area contributed by atoms with Gasteiger partial charge in [0.2, 0.25) is 4.27 Å². The highest BCUT2D eigenvalue weighted by molar-refractivity contribution is 8.00. The molecule has 0 aliphatic rings. The molecule has 0 saturated carbocycles. The molecule has 0 atom stereocenters. The summed E-state index contributed by atoms with van der Waals surface area (Å²) in [5.41, 5.74) is -0.250. The normalized spacial score (nSPS) is 13.0. The van der Waals surface area contributed by atoms with Crippen molar-refractivity contribution in [2.24, 2.45) is 11.3 Å². The average molecular weight is 264 g/mol. The SMILES string of the molecule is CC(=O)OC(S)(S)C(C)(C)CCCC(C)C. The number of ether oxygens (including phenoxy) is 1. The van der Waals surface area contributed by atoms with Crippen LogP contribution in [0.3, 0.4) is 0 Å². The Balaban J connectivity index is 4.33. The number of hydrogen-bond acceptors (Lipinski definition) is 4. The molecule has 0 aliphatic carbocycles. The highest BCUT2D eigenvalue weighted by Gasteiger charge is 2.41. The molecule has 0 saturated heterocycles. The minimum atomic E-state index is -1.00. The molecule has 0 amide bonds. The molecule has 0 spiro atoms. The van der Waals surface area contributed by atoms with E-state index < -0.39 is 4.27 Å². The molecule has 0 rings (SSSR count). The van der Waals surface area contributed by atoms with E-state index in [1.165, 1.54) is 13.3 Å². The highest BCUT2D eigenvalue weighted by atomic mass is 32.2. The number of carbonyl (C=O) groups excluding carboxylic acids is 1. The van der Waals surface area contributed by atoms with E-state index in [2.05, 4.69) is 39.1 Å². The molecular formula is C12H24O2S2. The summed E-state index contributed by atoms with van der Waals surface area (Å²) in [5.74, 6) is 0.348. The molecule has 4 heteroatoms. The zero-order chi connectivity index (χ0) is 13.0. The molecule has 0 radical (unpaired) electrons. The molecule has 0 N–H and O–H groups in total. The lowest BCUT2D eigenvalue weighted by Crippen LogP contribution is -2.38. The number of rotatable bonds is 6. The number of thiol groups is 2. The van der Waals surface area contributed by atoms with E-state index in [0.29, 0.717) is 5.92 Å². The van der Waals surface area contributed by atoms with Crippen molar-refractivity contribution in [3.63, 3.8) is 0 Å². The maximum atomic E-state index is 11.0. The van der Waals surface area contributed by atoms with Crippen molar-refractivity contribution in [2.45, 2.75) is 58.1 Å². The van der Waals surface area contributed by atoms with Crippen LogP contribution < -0.4 is 0 Å². The molecule has 0 aromatic heterocycles. The van der Waals surface area contributed by atoms with E-state index >= 15 is 0 Å². The summed E-state index contributed by atoms with van der Waals surface area (Å²) in [6.45, 7) is 9.83. The maximum absolute atomic E-state index is 11.0. The zero-order valence-electron chi connectivity index (χ0n) is 10.9. The van der Waals surface area contributed by atoms with Gasteiger partial charge in [-0.3, -0.25) is 4.79 Å². The topological polar surface area (TPSA) is 26.3 Å². The van der Waals surface area contributed by atoms with Gasteiger partial charge in [-0.2, -0.15) is 0 Å². The lowest BCUT2D eigenvalue weighted by atomic mass is 9.86. The van der Waals surface area contributed by atoms with Crippen LogP contribution in [0, 0.1) is 11.3 Å². The Morgan fingerprint density at radius 2 is 1.81 bits per heavy atom. The molecule has 96 valence electrons. The molecular weight excluding hydrogens is 240 g/mol. The second-order valence-corrected chi connectivity index (χ2v) is 6.98. The largest absolute Gasteiger partial charge is 0.438 e. The van der Waals surface area contributed by atoms with Gasteiger partial charge in [-0.1, -0.05) is 40.5 Å². The zero-order valence-corrected chi connectivity index (χ0v) is 12.7. The third-order valence-electron chi connectivity index (χ3n) is 2.75. The van der Waals surface area contributed by atoms with Crippen molar-refractivity contribution in [1.29, 1.82) is 0 Å². The third kappa shape index (κ3) is 5.48. The Morgan fingerprint density at radius 3 is 2.19 bits per heavy atom. The average Bonchev–Trinajstić information content (AvgIpc) is 1.99. The Bertz CT molecular complexity index is 235. The van der Waals surface area contributed by atoms with Crippen molar-refractivity contribution < 1.29 is 9.53 Å². The predicted octanol–water partition coefficient (Wildman–Crippen LogP) is 3.92. The fourth-order valence-corrected chi connectivity index (χ4v) is 1.93. The summed E-state index contributed by atoms with van der Waals surface area (Å²) >= 11 is 8.70. The molecule has 0 unspecified atom stereocenters. The van der Waals surface area contributed by atoms with Gasteiger partial charge in [0.1, 0.15) is 0 Å². The van der Waals surface area contributed by atoms with Crippen LogP contribution >= 0.6 is 25.3 Å². The summed E-state index contributed by atoms with van der Waals surface area (Å²) in [7, 11) is 0. The van der Waals surface area contributed by atoms with Crippen LogP contribution in [0.4, 0.5) is 0 Å². The molecule has 0 bridgehead atoms. The van der Waals surface area contributed by atoms with Crippen molar-refractivity contribution >= 4 is 31.2 Å². The lowest BCUT2D eigenvalue weighted by Gasteiger charge is -2.38. The standard InChI is InChI=1S/C12H24O2S2/c1-9(2)7-6-8-11(4,5)12(15,16)14-10(3)13/h9,15-16H,6-8H2,1-5H3. The minimum Gasteiger partial charge on any atom is -0.438 e. The van der Waals surface area contributed by atoms with Crippen molar-refractivity contribution in [3.05, 3.63) is 0 Å². The van der Waals surface area contributed by atoms with Crippen LogP contribution in [0.25, 0.3) is 0 Å². The molecule has 0 aromatic carbocycles. The quantitative estimate of drug-likeness (QED) is 0.432. The number of carbonyl (C=O) groups is 1. The monoisotopic (exact) mass is 264 g/mol. The molecule has 0 aliphatic heterocycles. The van der Waals surface area contributed by atoms with E-state index in [-0.39, 0.29) is 11.4 Å². The van der Waals surface area contributed by atoms with Crippen LogP contribution in [0.5, 0.6) is 0 Å². The predicted molar refractivity (Wildman–Crippen MR) is 74.9 cm³/mol. The van der Waals surface area contributed by atoms with E-state index in [0.717, 1.165) is 12.8 Å². The van der Waals surface area contributed by atoms with E-state index in [9.17, 15) is 4.79 Å². The van der Waals surface area contributed by atoms with E-state index in [1.807, 2.05) is 13.8 Å².